The summed E-state index contributed by atoms with van der Waals surface area (Å²) in [5, 5.41) is 7.16. The fraction of sp³-hybridized carbons (Fsp3) is 0.643. The minimum Gasteiger partial charge on any atom is -0.360 e. The highest BCUT2D eigenvalue weighted by Gasteiger charge is 2.33. The molecule has 2 N–H and O–H groups in total. The first-order chi connectivity index (χ1) is 10.9. The molecule has 1 saturated carbocycles. The van der Waals surface area contributed by atoms with E-state index in [0.717, 1.165) is 37.9 Å². The van der Waals surface area contributed by atoms with Gasteiger partial charge in [0.05, 0.1) is 0 Å². The molecule has 1 saturated heterocycles. The molecule has 3 rings (SSSR count). The van der Waals surface area contributed by atoms with Crippen molar-refractivity contribution in [2.45, 2.75) is 43.9 Å². The van der Waals surface area contributed by atoms with E-state index < -0.39 is 11.9 Å². The summed E-state index contributed by atoms with van der Waals surface area (Å²) < 4.78 is 38.1. The van der Waals surface area contributed by atoms with Crippen molar-refractivity contribution in [3.05, 3.63) is 18.0 Å². The van der Waals surface area contributed by atoms with Gasteiger partial charge in [-0.2, -0.15) is 13.2 Å². The Labute approximate surface area is 137 Å². The van der Waals surface area contributed by atoms with Gasteiger partial charge in [-0.3, -0.25) is 0 Å². The zero-order chi connectivity index (χ0) is 16.4. The van der Waals surface area contributed by atoms with Crippen molar-refractivity contribution in [1.82, 2.24) is 20.6 Å². The van der Waals surface area contributed by atoms with Gasteiger partial charge in [-0.25, -0.2) is 9.97 Å². The summed E-state index contributed by atoms with van der Waals surface area (Å²) in [4.78, 5) is 9.38. The molecule has 2 heterocycles. The van der Waals surface area contributed by atoms with Crippen LogP contribution in [0.15, 0.2) is 12.3 Å². The van der Waals surface area contributed by atoms with Crippen molar-refractivity contribution >= 4 is 23.3 Å². The van der Waals surface area contributed by atoms with Crippen molar-refractivity contribution in [1.29, 1.82) is 0 Å². The average molecular weight is 345 g/mol. The molecule has 0 spiro atoms. The lowest BCUT2D eigenvalue weighted by Crippen LogP contribution is -2.48. The Morgan fingerprint density at radius 3 is 2.30 bits per heavy atom. The highest BCUT2D eigenvalue weighted by molar-refractivity contribution is 7.80. The van der Waals surface area contributed by atoms with Gasteiger partial charge in [0.15, 0.2) is 5.11 Å². The predicted molar refractivity (Wildman–Crippen MR) is 84.2 cm³/mol. The van der Waals surface area contributed by atoms with Crippen molar-refractivity contribution in [3.63, 3.8) is 0 Å². The van der Waals surface area contributed by atoms with Crippen LogP contribution in [-0.4, -0.2) is 40.3 Å². The largest absolute Gasteiger partial charge is 0.433 e. The lowest BCUT2D eigenvalue weighted by Gasteiger charge is -2.33. The fourth-order valence-electron chi connectivity index (χ4n) is 2.52. The minimum atomic E-state index is -4.45. The molecule has 2 aliphatic rings. The van der Waals surface area contributed by atoms with Gasteiger partial charge in [0.2, 0.25) is 5.95 Å². The number of thiocarbonyl (C=S) groups is 1. The standard InChI is InChI=1S/C14H18F3N5S/c15-14(16,17)11-3-6-18-12(21-11)22-7-4-10(5-8-22)20-13(23)19-9-1-2-9/h3,6,9-10H,1-2,4-5,7-8H2,(H2,19,20,23). The van der Waals surface area contributed by atoms with E-state index in [4.69, 9.17) is 12.2 Å². The van der Waals surface area contributed by atoms with E-state index in [0.29, 0.717) is 24.2 Å². The number of piperidine rings is 1. The van der Waals surface area contributed by atoms with Gasteiger partial charge >= 0.3 is 6.18 Å². The lowest BCUT2D eigenvalue weighted by molar-refractivity contribution is -0.141. The maximum atomic E-state index is 12.7. The molecule has 1 aromatic rings. The molecule has 0 aromatic carbocycles. The molecule has 0 unspecified atom stereocenters. The van der Waals surface area contributed by atoms with E-state index in [-0.39, 0.29) is 12.0 Å². The Morgan fingerprint density at radius 2 is 1.74 bits per heavy atom. The first-order valence-corrected chi connectivity index (χ1v) is 8.05. The van der Waals surface area contributed by atoms with Crippen LogP contribution in [0.3, 0.4) is 0 Å². The van der Waals surface area contributed by atoms with Crippen molar-refractivity contribution in [3.8, 4) is 0 Å². The van der Waals surface area contributed by atoms with Gasteiger partial charge < -0.3 is 15.5 Å². The second kappa shape index (κ2) is 6.46. The van der Waals surface area contributed by atoms with E-state index in [1.807, 2.05) is 0 Å². The van der Waals surface area contributed by atoms with Crippen molar-refractivity contribution < 1.29 is 13.2 Å². The number of hydrogen-bond acceptors (Lipinski definition) is 4. The van der Waals surface area contributed by atoms with E-state index in [9.17, 15) is 13.2 Å². The van der Waals surface area contributed by atoms with Crippen molar-refractivity contribution in [2.75, 3.05) is 18.0 Å². The van der Waals surface area contributed by atoms with Crippen LogP contribution in [0.2, 0.25) is 0 Å². The van der Waals surface area contributed by atoms with Crippen LogP contribution in [0.5, 0.6) is 0 Å². The molecule has 9 heteroatoms. The van der Waals surface area contributed by atoms with E-state index in [2.05, 4.69) is 20.6 Å². The van der Waals surface area contributed by atoms with Gasteiger partial charge in [0, 0.05) is 31.4 Å². The number of rotatable bonds is 3. The summed E-state index contributed by atoms with van der Waals surface area (Å²) in [6, 6.07) is 1.63. The molecule has 1 aromatic heterocycles. The summed E-state index contributed by atoms with van der Waals surface area (Å²) >= 11 is 5.25. The van der Waals surface area contributed by atoms with Crippen LogP contribution in [0.25, 0.3) is 0 Å². The molecular formula is C14H18F3N5S. The molecular weight excluding hydrogens is 327 g/mol. The first kappa shape index (κ1) is 16.2. The molecule has 5 nitrogen and oxygen atoms in total. The van der Waals surface area contributed by atoms with E-state index >= 15 is 0 Å². The second-order valence-electron chi connectivity index (χ2n) is 5.89. The molecule has 0 amide bonds. The lowest BCUT2D eigenvalue weighted by atomic mass is 10.1. The molecule has 0 radical (unpaired) electrons. The number of halogens is 3. The Bertz CT molecular complexity index is 568. The van der Waals surface area contributed by atoms with Gasteiger partial charge in [0.25, 0.3) is 0 Å². The van der Waals surface area contributed by atoms with Gasteiger partial charge in [0.1, 0.15) is 5.69 Å². The smallest absolute Gasteiger partial charge is 0.360 e. The molecule has 1 aliphatic heterocycles. The Hall–Kier alpha value is -1.64. The molecule has 0 bridgehead atoms. The quantitative estimate of drug-likeness (QED) is 0.819. The topological polar surface area (TPSA) is 53.1 Å². The van der Waals surface area contributed by atoms with Crippen LogP contribution in [-0.2, 0) is 6.18 Å². The van der Waals surface area contributed by atoms with Crippen LogP contribution >= 0.6 is 12.2 Å². The average Bonchev–Trinajstić information content (AvgIpc) is 3.31. The second-order valence-corrected chi connectivity index (χ2v) is 6.30. The Kier molecular flexibility index (Phi) is 4.56. The fourth-order valence-corrected chi connectivity index (χ4v) is 2.86. The van der Waals surface area contributed by atoms with Crippen molar-refractivity contribution in [2.24, 2.45) is 0 Å². The number of nitrogens with one attached hydrogen (secondary N) is 2. The molecule has 23 heavy (non-hydrogen) atoms. The number of anilines is 1. The van der Waals surface area contributed by atoms with E-state index in [1.54, 1.807) is 4.90 Å². The third-order valence-electron chi connectivity index (χ3n) is 3.96. The highest BCUT2D eigenvalue weighted by atomic mass is 32.1. The molecule has 126 valence electrons. The molecule has 1 aliphatic carbocycles. The number of hydrogen-bond donors (Lipinski definition) is 2. The maximum Gasteiger partial charge on any atom is 0.433 e. The van der Waals surface area contributed by atoms with Crippen LogP contribution in [0.4, 0.5) is 19.1 Å². The van der Waals surface area contributed by atoms with Crippen LogP contribution in [0.1, 0.15) is 31.4 Å². The predicted octanol–water partition coefficient (Wildman–Crippen LogP) is 2.09. The molecule has 2 fully saturated rings. The summed E-state index contributed by atoms with van der Waals surface area (Å²) in [5.74, 6) is 0.136. The maximum absolute atomic E-state index is 12.7. The SMILES string of the molecule is FC(F)(F)c1ccnc(N2CCC(NC(=S)NC3CC3)CC2)n1. The first-order valence-electron chi connectivity index (χ1n) is 7.64. The minimum absolute atomic E-state index is 0.136. The van der Waals surface area contributed by atoms with E-state index in [1.165, 1.54) is 0 Å². The zero-order valence-electron chi connectivity index (χ0n) is 12.4. The number of aromatic nitrogens is 2. The summed E-state index contributed by atoms with van der Waals surface area (Å²) in [6.45, 7) is 1.20. The number of alkyl halides is 3. The Morgan fingerprint density at radius 1 is 1.13 bits per heavy atom. The number of nitrogens with zero attached hydrogens (tertiary/aromatic N) is 3. The summed E-state index contributed by atoms with van der Waals surface area (Å²) in [5.41, 5.74) is -0.905. The third-order valence-corrected chi connectivity index (χ3v) is 4.19. The van der Waals surface area contributed by atoms with Crippen LogP contribution < -0.4 is 15.5 Å². The van der Waals surface area contributed by atoms with Gasteiger partial charge in [-0.1, -0.05) is 0 Å². The Balaban J connectivity index is 1.53. The highest BCUT2D eigenvalue weighted by Crippen LogP contribution is 2.28. The van der Waals surface area contributed by atoms with Gasteiger partial charge in [-0.15, -0.1) is 0 Å². The zero-order valence-corrected chi connectivity index (χ0v) is 13.3. The van der Waals surface area contributed by atoms with Gasteiger partial charge in [-0.05, 0) is 44.0 Å². The van der Waals surface area contributed by atoms with Crippen LogP contribution in [0, 0.1) is 0 Å². The molecule has 0 atom stereocenters. The normalized spacial score (nSPS) is 19.5. The summed E-state index contributed by atoms with van der Waals surface area (Å²) in [6.07, 6.45) is 0.598. The third kappa shape index (κ3) is 4.43. The monoisotopic (exact) mass is 345 g/mol. The summed E-state index contributed by atoms with van der Waals surface area (Å²) in [7, 11) is 0.